The minimum atomic E-state index is -0.0639. The smallest absolute Gasteiger partial charge is 0.256 e. The summed E-state index contributed by atoms with van der Waals surface area (Å²) < 4.78 is 0. The lowest BCUT2D eigenvalue weighted by atomic mass is 9.95. The number of amides is 2. The van der Waals surface area contributed by atoms with Crippen LogP contribution in [0.25, 0.3) is 0 Å². The first-order chi connectivity index (χ1) is 8.72. The molecule has 0 aromatic carbocycles. The molecule has 1 aromatic rings. The Morgan fingerprint density at radius 1 is 1.28 bits per heavy atom. The zero-order valence-corrected chi connectivity index (χ0v) is 10.3. The number of aromatic nitrogens is 2. The Morgan fingerprint density at radius 3 is 2.44 bits per heavy atom. The van der Waals surface area contributed by atoms with E-state index in [4.69, 9.17) is 0 Å². The summed E-state index contributed by atoms with van der Waals surface area (Å²) in [5.41, 5.74) is 0.496. The van der Waals surface area contributed by atoms with E-state index in [0.717, 1.165) is 0 Å². The summed E-state index contributed by atoms with van der Waals surface area (Å²) in [5, 5.41) is 2.65. The van der Waals surface area contributed by atoms with Gasteiger partial charge in [0, 0.05) is 38.4 Å². The molecule has 96 valence electrons. The Morgan fingerprint density at radius 2 is 1.89 bits per heavy atom. The number of rotatable bonds is 2. The fourth-order valence-electron chi connectivity index (χ4n) is 2.14. The number of piperidine rings is 1. The highest BCUT2D eigenvalue weighted by Gasteiger charge is 2.27. The molecule has 1 aliphatic heterocycles. The third-order valence-corrected chi connectivity index (χ3v) is 3.21. The number of likely N-dealkylation sites (tertiary alicyclic amines) is 1. The maximum absolute atomic E-state index is 12.1. The van der Waals surface area contributed by atoms with Gasteiger partial charge in [-0.25, -0.2) is 9.97 Å². The molecular formula is C12H16N4O2. The van der Waals surface area contributed by atoms with Gasteiger partial charge in [-0.15, -0.1) is 0 Å². The average molecular weight is 248 g/mol. The zero-order chi connectivity index (χ0) is 13.0. The van der Waals surface area contributed by atoms with Crippen LogP contribution in [0.5, 0.6) is 0 Å². The molecule has 0 unspecified atom stereocenters. The van der Waals surface area contributed by atoms with Crippen molar-refractivity contribution in [2.24, 2.45) is 5.92 Å². The summed E-state index contributed by atoms with van der Waals surface area (Å²) in [6, 6.07) is 0. The van der Waals surface area contributed by atoms with Crippen LogP contribution in [0.15, 0.2) is 18.7 Å². The lowest BCUT2D eigenvalue weighted by Crippen LogP contribution is -2.42. The van der Waals surface area contributed by atoms with Gasteiger partial charge in [-0.3, -0.25) is 9.59 Å². The molecule has 0 atom stereocenters. The van der Waals surface area contributed by atoms with Crippen molar-refractivity contribution in [2.75, 3.05) is 20.1 Å². The first kappa shape index (κ1) is 12.5. The molecule has 18 heavy (non-hydrogen) atoms. The van der Waals surface area contributed by atoms with Gasteiger partial charge in [-0.05, 0) is 12.8 Å². The number of nitrogens with zero attached hydrogens (tertiary/aromatic N) is 3. The lowest BCUT2D eigenvalue weighted by molar-refractivity contribution is -0.125. The quantitative estimate of drug-likeness (QED) is 0.804. The second-order valence-electron chi connectivity index (χ2n) is 4.31. The highest BCUT2D eigenvalue weighted by Crippen LogP contribution is 2.18. The maximum Gasteiger partial charge on any atom is 0.256 e. The molecule has 1 N–H and O–H groups in total. The van der Waals surface area contributed by atoms with Gasteiger partial charge in [-0.2, -0.15) is 0 Å². The molecule has 2 heterocycles. The van der Waals surface area contributed by atoms with Crippen molar-refractivity contribution < 1.29 is 9.59 Å². The van der Waals surface area contributed by atoms with E-state index in [-0.39, 0.29) is 17.7 Å². The summed E-state index contributed by atoms with van der Waals surface area (Å²) in [5.74, 6) is 0.0159. The summed E-state index contributed by atoms with van der Waals surface area (Å²) in [6.07, 6.45) is 5.84. The van der Waals surface area contributed by atoms with Gasteiger partial charge in [0.05, 0.1) is 5.56 Å². The van der Waals surface area contributed by atoms with Crippen molar-refractivity contribution in [3.05, 3.63) is 24.3 Å². The van der Waals surface area contributed by atoms with Crippen LogP contribution in [0.2, 0.25) is 0 Å². The molecule has 1 aromatic heterocycles. The molecule has 6 nitrogen and oxygen atoms in total. The largest absolute Gasteiger partial charge is 0.359 e. The minimum absolute atomic E-state index is 0.0195. The molecule has 1 aliphatic rings. The summed E-state index contributed by atoms with van der Waals surface area (Å²) >= 11 is 0. The predicted molar refractivity (Wildman–Crippen MR) is 64.7 cm³/mol. The molecule has 0 bridgehead atoms. The normalized spacial score (nSPS) is 16.4. The van der Waals surface area contributed by atoms with E-state index in [1.165, 1.54) is 18.7 Å². The van der Waals surface area contributed by atoms with E-state index in [2.05, 4.69) is 15.3 Å². The second-order valence-corrected chi connectivity index (χ2v) is 4.31. The summed E-state index contributed by atoms with van der Waals surface area (Å²) in [4.78, 5) is 33.0. The SMILES string of the molecule is CNC(=O)C1CCN(C(=O)c2cncnc2)CC1. The van der Waals surface area contributed by atoms with Gasteiger partial charge in [0.1, 0.15) is 6.33 Å². The van der Waals surface area contributed by atoms with E-state index in [9.17, 15) is 9.59 Å². The van der Waals surface area contributed by atoms with Crippen molar-refractivity contribution in [2.45, 2.75) is 12.8 Å². The molecule has 0 radical (unpaired) electrons. The van der Waals surface area contributed by atoms with Crippen LogP contribution in [0, 0.1) is 5.92 Å². The molecule has 2 rings (SSSR count). The molecule has 0 aliphatic carbocycles. The van der Waals surface area contributed by atoms with E-state index in [1.54, 1.807) is 11.9 Å². The van der Waals surface area contributed by atoms with Crippen molar-refractivity contribution >= 4 is 11.8 Å². The summed E-state index contributed by atoms with van der Waals surface area (Å²) in [7, 11) is 1.64. The molecule has 0 spiro atoms. The molecule has 1 fully saturated rings. The van der Waals surface area contributed by atoms with Crippen LogP contribution in [0.3, 0.4) is 0 Å². The first-order valence-corrected chi connectivity index (χ1v) is 5.98. The first-order valence-electron chi connectivity index (χ1n) is 5.98. The van der Waals surface area contributed by atoms with Crippen LogP contribution in [-0.4, -0.2) is 46.8 Å². The van der Waals surface area contributed by atoms with Gasteiger partial charge in [0.15, 0.2) is 0 Å². The van der Waals surface area contributed by atoms with E-state index >= 15 is 0 Å². The van der Waals surface area contributed by atoms with Crippen LogP contribution in [-0.2, 0) is 4.79 Å². The maximum atomic E-state index is 12.1. The van der Waals surface area contributed by atoms with E-state index in [1.807, 2.05) is 0 Å². The van der Waals surface area contributed by atoms with Crippen molar-refractivity contribution in [3.8, 4) is 0 Å². The number of hydrogen-bond donors (Lipinski definition) is 1. The highest BCUT2D eigenvalue weighted by molar-refractivity contribution is 5.93. The van der Waals surface area contributed by atoms with Gasteiger partial charge < -0.3 is 10.2 Å². The van der Waals surface area contributed by atoms with Gasteiger partial charge >= 0.3 is 0 Å². The Hall–Kier alpha value is -1.98. The number of carbonyl (C=O) groups is 2. The van der Waals surface area contributed by atoms with E-state index in [0.29, 0.717) is 31.5 Å². The Kier molecular flexibility index (Phi) is 3.86. The Labute approximate surface area is 105 Å². The third-order valence-electron chi connectivity index (χ3n) is 3.21. The van der Waals surface area contributed by atoms with E-state index < -0.39 is 0 Å². The van der Waals surface area contributed by atoms with Crippen LogP contribution >= 0.6 is 0 Å². The second kappa shape index (κ2) is 5.57. The fraction of sp³-hybridized carbons (Fsp3) is 0.500. The number of hydrogen-bond acceptors (Lipinski definition) is 4. The number of nitrogens with one attached hydrogen (secondary N) is 1. The van der Waals surface area contributed by atoms with Gasteiger partial charge in [-0.1, -0.05) is 0 Å². The minimum Gasteiger partial charge on any atom is -0.359 e. The van der Waals surface area contributed by atoms with Crippen molar-refractivity contribution in [1.82, 2.24) is 20.2 Å². The summed E-state index contributed by atoms with van der Waals surface area (Å²) in [6.45, 7) is 1.21. The lowest BCUT2D eigenvalue weighted by Gasteiger charge is -2.31. The molecule has 6 heteroatoms. The van der Waals surface area contributed by atoms with Crippen LogP contribution in [0.4, 0.5) is 0 Å². The standard InChI is InChI=1S/C12H16N4O2/c1-13-11(17)9-2-4-16(5-3-9)12(18)10-6-14-8-15-7-10/h6-9H,2-5H2,1H3,(H,13,17). The predicted octanol–water partition coefficient (Wildman–Crippen LogP) is 0.0748. The molecule has 2 amide bonds. The number of carbonyl (C=O) groups excluding carboxylic acids is 2. The van der Waals surface area contributed by atoms with Crippen molar-refractivity contribution in [3.63, 3.8) is 0 Å². The molecule has 1 saturated heterocycles. The third kappa shape index (κ3) is 2.64. The zero-order valence-electron chi connectivity index (χ0n) is 10.3. The van der Waals surface area contributed by atoms with Gasteiger partial charge in [0.2, 0.25) is 5.91 Å². The van der Waals surface area contributed by atoms with Crippen LogP contribution < -0.4 is 5.32 Å². The highest BCUT2D eigenvalue weighted by atomic mass is 16.2. The van der Waals surface area contributed by atoms with Crippen molar-refractivity contribution in [1.29, 1.82) is 0 Å². The molecular weight excluding hydrogens is 232 g/mol. The van der Waals surface area contributed by atoms with Gasteiger partial charge in [0.25, 0.3) is 5.91 Å². The van der Waals surface area contributed by atoms with Crippen LogP contribution in [0.1, 0.15) is 23.2 Å². The molecule has 0 saturated carbocycles. The monoisotopic (exact) mass is 248 g/mol. The Bertz CT molecular complexity index is 427. The Balaban J connectivity index is 1.94. The fourth-order valence-corrected chi connectivity index (χ4v) is 2.14. The average Bonchev–Trinajstić information content (AvgIpc) is 2.47. The topological polar surface area (TPSA) is 75.2 Å².